The van der Waals surface area contributed by atoms with Crippen LogP contribution in [0.1, 0.15) is 42.2 Å². The molecule has 32 heavy (non-hydrogen) atoms. The molecule has 0 saturated heterocycles. The van der Waals surface area contributed by atoms with E-state index in [-0.39, 0.29) is 11.9 Å². The number of halogens is 1. The Labute approximate surface area is 195 Å². The molecule has 0 spiro atoms. The highest BCUT2D eigenvalue weighted by atomic mass is 35.5. The zero-order valence-corrected chi connectivity index (χ0v) is 19.2. The van der Waals surface area contributed by atoms with E-state index in [4.69, 9.17) is 11.6 Å². The van der Waals surface area contributed by atoms with Gasteiger partial charge in [0.05, 0.1) is 26.5 Å². The fourth-order valence-electron chi connectivity index (χ4n) is 3.93. The number of aryl methyl sites for hydroxylation is 1. The van der Waals surface area contributed by atoms with E-state index in [2.05, 4.69) is 15.6 Å². The van der Waals surface area contributed by atoms with Crippen LogP contribution in [-0.2, 0) is 4.79 Å². The summed E-state index contributed by atoms with van der Waals surface area (Å²) in [6, 6.07) is 12.7. The predicted molar refractivity (Wildman–Crippen MR) is 129 cm³/mol. The van der Waals surface area contributed by atoms with Crippen molar-refractivity contribution in [2.75, 3.05) is 10.6 Å². The largest absolute Gasteiger partial charge is 0.481 e. The third-order valence-electron chi connectivity index (χ3n) is 5.75. The molecule has 6 nitrogen and oxygen atoms in total. The van der Waals surface area contributed by atoms with Crippen LogP contribution in [0, 0.1) is 12.8 Å². The van der Waals surface area contributed by atoms with Crippen LogP contribution in [0.25, 0.3) is 10.4 Å². The molecule has 1 aliphatic rings. The Morgan fingerprint density at radius 3 is 2.47 bits per heavy atom. The van der Waals surface area contributed by atoms with Gasteiger partial charge in [0.15, 0.2) is 0 Å². The average molecular weight is 470 g/mol. The first-order valence-electron chi connectivity index (χ1n) is 10.5. The number of carboxylic acids is 1. The molecule has 3 aromatic rings. The molecule has 4 rings (SSSR count). The number of rotatable bonds is 5. The third kappa shape index (κ3) is 5.29. The van der Waals surface area contributed by atoms with Gasteiger partial charge >= 0.3 is 12.0 Å². The SMILES string of the molecule is Cc1ccc(Cl)c(NC(=O)Nc2ccc(-c3cnc(C4CCC(C(=O)O)CC4)s3)cc2)c1. The number of urea groups is 1. The van der Waals surface area contributed by atoms with Crippen molar-refractivity contribution in [3.63, 3.8) is 0 Å². The topological polar surface area (TPSA) is 91.3 Å². The summed E-state index contributed by atoms with van der Waals surface area (Å²) < 4.78 is 0. The number of carbonyl (C=O) groups excluding carboxylic acids is 1. The number of anilines is 2. The van der Waals surface area contributed by atoms with Crippen molar-refractivity contribution in [3.05, 3.63) is 64.3 Å². The summed E-state index contributed by atoms with van der Waals surface area (Å²) in [5.74, 6) is -0.570. The van der Waals surface area contributed by atoms with Gasteiger partial charge in [-0.25, -0.2) is 9.78 Å². The smallest absolute Gasteiger partial charge is 0.323 e. The summed E-state index contributed by atoms with van der Waals surface area (Å²) in [4.78, 5) is 29.1. The maximum atomic E-state index is 12.3. The second-order valence-electron chi connectivity index (χ2n) is 8.09. The Hall–Kier alpha value is -2.90. The van der Waals surface area contributed by atoms with Crippen molar-refractivity contribution < 1.29 is 14.7 Å². The fraction of sp³-hybridized carbons (Fsp3) is 0.292. The molecule has 166 valence electrons. The highest BCUT2D eigenvalue weighted by Crippen LogP contribution is 2.39. The molecule has 0 bridgehead atoms. The van der Waals surface area contributed by atoms with Crippen LogP contribution in [0.15, 0.2) is 48.7 Å². The van der Waals surface area contributed by atoms with Gasteiger partial charge in [0.1, 0.15) is 0 Å². The van der Waals surface area contributed by atoms with E-state index in [9.17, 15) is 14.7 Å². The Balaban J connectivity index is 1.36. The molecule has 1 aliphatic carbocycles. The van der Waals surface area contributed by atoms with Gasteiger partial charge in [-0.3, -0.25) is 4.79 Å². The fourth-order valence-corrected chi connectivity index (χ4v) is 5.19. The minimum atomic E-state index is -0.687. The molecule has 1 heterocycles. The second-order valence-corrected chi connectivity index (χ2v) is 9.56. The molecular formula is C24H24ClN3O3S. The minimum absolute atomic E-state index is 0.218. The lowest BCUT2D eigenvalue weighted by atomic mass is 9.82. The maximum Gasteiger partial charge on any atom is 0.323 e. The van der Waals surface area contributed by atoms with E-state index in [1.807, 2.05) is 49.5 Å². The molecule has 8 heteroatoms. The van der Waals surface area contributed by atoms with Gasteiger partial charge in [-0.2, -0.15) is 0 Å². The Kier molecular flexibility index (Phi) is 6.77. The van der Waals surface area contributed by atoms with Gasteiger partial charge in [-0.1, -0.05) is 29.8 Å². The lowest BCUT2D eigenvalue weighted by molar-refractivity contribution is -0.142. The van der Waals surface area contributed by atoms with Crippen molar-refractivity contribution in [3.8, 4) is 10.4 Å². The number of nitrogens with one attached hydrogen (secondary N) is 2. The van der Waals surface area contributed by atoms with E-state index in [1.165, 1.54) is 0 Å². The summed E-state index contributed by atoms with van der Waals surface area (Å²) in [5, 5.41) is 16.3. The Morgan fingerprint density at radius 1 is 1.06 bits per heavy atom. The van der Waals surface area contributed by atoms with Gasteiger partial charge in [0, 0.05) is 17.8 Å². The first-order valence-corrected chi connectivity index (χ1v) is 11.7. The predicted octanol–water partition coefficient (Wildman–Crippen LogP) is 6.77. The summed E-state index contributed by atoms with van der Waals surface area (Å²) >= 11 is 7.79. The maximum absolute atomic E-state index is 12.3. The van der Waals surface area contributed by atoms with E-state index in [0.29, 0.717) is 35.2 Å². The average Bonchev–Trinajstić information content (AvgIpc) is 3.27. The summed E-state index contributed by atoms with van der Waals surface area (Å²) in [7, 11) is 0. The van der Waals surface area contributed by atoms with Crippen LogP contribution in [0.2, 0.25) is 5.02 Å². The van der Waals surface area contributed by atoms with E-state index >= 15 is 0 Å². The van der Waals surface area contributed by atoms with Gasteiger partial charge in [-0.05, 0) is 68.0 Å². The number of aliphatic carboxylic acids is 1. The normalized spacial score (nSPS) is 18.2. The Morgan fingerprint density at radius 2 is 1.78 bits per heavy atom. The standard InChI is InChI=1S/C24H24ClN3O3S/c1-14-2-11-19(25)20(12-14)28-24(31)27-18-9-7-15(8-10-18)21-13-26-22(32-21)16-3-5-17(6-4-16)23(29)30/h2,7-13,16-17H,3-6H2,1H3,(H,29,30)(H2,27,28,31). The highest BCUT2D eigenvalue weighted by molar-refractivity contribution is 7.15. The van der Waals surface area contributed by atoms with Crippen molar-refractivity contribution in [2.24, 2.45) is 5.92 Å². The van der Waals surface area contributed by atoms with Gasteiger partial charge < -0.3 is 15.7 Å². The van der Waals surface area contributed by atoms with Crippen molar-refractivity contribution >= 4 is 46.3 Å². The van der Waals surface area contributed by atoms with Gasteiger partial charge in [0.2, 0.25) is 0 Å². The van der Waals surface area contributed by atoms with Crippen LogP contribution < -0.4 is 10.6 Å². The van der Waals surface area contributed by atoms with Crippen LogP contribution >= 0.6 is 22.9 Å². The molecule has 2 aromatic carbocycles. The quantitative estimate of drug-likeness (QED) is 0.384. The number of amides is 2. The van der Waals surface area contributed by atoms with Crippen LogP contribution in [-0.4, -0.2) is 22.1 Å². The number of carbonyl (C=O) groups is 2. The zero-order valence-electron chi connectivity index (χ0n) is 17.6. The molecule has 1 fully saturated rings. The number of aromatic nitrogens is 1. The van der Waals surface area contributed by atoms with Crippen LogP contribution in [0.5, 0.6) is 0 Å². The number of benzene rings is 2. The van der Waals surface area contributed by atoms with Crippen molar-refractivity contribution in [1.82, 2.24) is 4.98 Å². The molecule has 0 atom stereocenters. The molecule has 0 unspecified atom stereocenters. The lowest BCUT2D eigenvalue weighted by Gasteiger charge is -2.24. The second kappa shape index (κ2) is 9.71. The first kappa shape index (κ1) is 22.3. The Bertz CT molecular complexity index is 1120. The molecule has 3 N–H and O–H groups in total. The summed E-state index contributed by atoms with van der Waals surface area (Å²) in [5.41, 5.74) is 3.27. The number of carboxylic acid groups (broad SMARTS) is 1. The third-order valence-corrected chi connectivity index (χ3v) is 7.29. The number of hydrogen-bond acceptors (Lipinski definition) is 4. The highest BCUT2D eigenvalue weighted by Gasteiger charge is 2.28. The van der Waals surface area contributed by atoms with Crippen molar-refractivity contribution in [2.45, 2.75) is 38.5 Å². The first-order chi connectivity index (χ1) is 15.4. The van der Waals surface area contributed by atoms with Crippen molar-refractivity contribution in [1.29, 1.82) is 0 Å². The van der Waals surface area contributed by atoms with Crippen LogP contribution in [0.3, 0.4) is 0 Å². The molecule has 0 radical (unpaired) electrons. The van der Waals surface area contributed by atoms with Gasteiger partial charge in [-0.15, -0.1) is 11.3 Å². The number of thiazole rings is 1. The van der Waals surface area contributed by atoms with Gasteiger partial charge in [0.25, 0.3) is 0 Å². The minimum Gasteiger partial charge on any atom is -0.481 e. The molecule has 2 amide bonds. The molecule has 1 aromatic heterocycles. The summed E-state index contributed by atoms with van der Waals surface area (Å²) in [6.45, 7) is 1.93. The molecule has 1 saturated carbocycles. The summed E-state index contributed by atoms with van der Waals surface area (Å²) in [6.07, 6.45) is 5.04. The number of nitrogens with zero attached hydrogens (tertiary/aromatic N) is 1. The molecular weight excluding hydrogens is 446 g/mol. The van der Waals surface area contributed by atoms with E-state index < -0.39 is 5.97 Å². The van der Waals surface area contributed by atoms with E-state index in [1.54, 1.807) is 17.4 Å². The lowest BCUT2D eigenvalue weighted by Crippen LogP contribution is -2.20. The molecule has 0 aliphatic heterocycles. The van der Waals surface area contributed by atoms with E-state index in [0.717, 1.165) is 33.9 Å². The zero-order chi connectivity index (χ0) is 22.7. The van der Waals surface area contributed by atoms with Crippen LogP contribution in [0.4, 0.5) is 16.2 Å². The monoisotopic (exact) mass is 469 g/mol. The number of hydrogen-bond donors (Lipinski definition) is 3.